The van der Waals surface area contributed by atoms with Crippen molar-refractivity contribution in [3.63, 3.8) is 0 Å². The van der Waals surface area contributed by atoms with Crippen molar-refractivity contribution < 1.29 is 4.74 Å². The zero-order chi connectivity index (χ0) is 8.10. The van der Waals surface area contributed by atoms with Crippen LogP contribution < -0.4 is 10.1 Å². The number of aromatic nitrogens is 1. The first-order chi connectivity index (χ1) is 5.38. The first-order valence-corrected chi connectivity index (χ1v) is 3.50. The van der Waals surface area contributed by atoms with Crippen molar-refractivity contribution in [2.45, 2.75) is 6.54 Å². The van der Waals surface area contributed by atoms with Crippen LogP contribution in [0.25, 0.3) is 0 Å². The number of nitrogens with one attached hydrogen (secondary N) is 1. The minimum Gasteiger partial charge on any atom is -0.495 e. The molecule has 0 fully saturated rings. The van der Waals surface area contributed by atoms with Crippen LogP contribution in [0.2, 0.25) is 0 Å². The minimum atomic E-state index is 0.811. The largest absolute Gasteiger partial charge is 0.495 e. The van der Waals surface area contributed by atoms with E-state index < -0.39 is 0 Å². The summed E-state index contributed by atoms with van der Waals surface area (Å²) >= 11 is 0. The van der Waals surface area contributed by atoms with Gasteiger partial charge in [-0.05, 0) is 13.1 Å². The molecule has 0 radical (unpaired) electrons. The lowest BCUT2D eigenvalue weighted by Crippen LogP contribution is -2.06. The van der Waals surface area contributed by atoms with Crippen molar-refractivity contribution in [2.75, 3.05) is 14.2 Å². The van der Waals surface area contributed by atoms with Crippen LogP contribution in [-0.4, -0.2) is 19.1 Å². The summed E-state index contributed by atoms with van der Waals surface area (Å²) in [5, 5.41) is 3.05. The monoisotopic (exact) mass is 152 g/mol. The molecule has 1 rings (SSSR count). The Kier molecular flexibility index (Phi) is 2.86. The molecule has 11 heavy (non-hydrogen) atoms. The standard InChI is InChI=1S/C8H12N2O/c1-9-5-7-3-4-10-6-8(7)11-2/h3-4,6,9H,5H2,1-2H3. The van der Waals surface area contributed by atoms with Crippen molar-refractivity contribution >= 4 is 0 Å². The molecule has 1 N–H and O–H groups in total. The quantitative estimate of drug-likeness (QED) is 0.696. The van der Waals surface area contributed by atoms with Gasteiger partial charge in [-0.2, -0.15) is 0 Å². The molecule has 0 aromatic carbocycles. The van der Waals surface area contributed by atoms with Crippen LogP contribution in [0, 0.1) is 0 Å². The fraction of sp³-hybridized carbons (Fsp3) is 0.375. The Morgan fingerprint density at radius 2 is 2.45 bits per heavy atom. The highest BCUT2D eigenvalue weighted by Crippen LogP contribution is 2.14. The number of hydrogen-bond donors (Lipinski definition) is 1. The van der Waals surface area contributed by atoms with E-state index in [4.69, 9.17) is 4.74 Å². The molecule has 0 aliphatic rings. The highest BCUT2D eigenvalue weighted by molar-refractivity contribution is 5.29. The van der Waals surface area contributed by atoms with Gasteiger partial charge >= 0.3 is 0 Å². The van der Waals surface area contributed by atoms with E-state index in [9.17, 15) is 0 Å². The van der Waals surface area contributed by atoms with E-state index in [0.717, 1.165) is 17.9 Å². The van der Waals surface area contributed by atoms with Crippen LogP contribution in [0.4, 0.5) is 0 Å². The maximum atomic E-state index is 5.10. The normalized spacial score (nSPS) is 9.64. The van der Waals surface area contributed by atoms with Crippen LogP contribution in [0.3, 0.4) is 0 Å². The fourth-order valence-corrected chi connectivity index (χ4v) is 0.929. The second-order valence-electron chi connectivity index (χ2n) is 2.22. The fourth-order valence-electron chi connectivity index (χ4n) is 0.929. The van der Waals surface area contributed by atoms with Crippen LogP contribution in [0.5, 0.6) is 5.75 Å². The topological polar surface area (TPSA) is 34.2 Å². The van der Waals surface area contributed by atoms with Gasteiger partial charge in [0.1, 0.15) is 5.75 Å². The summed E-state index contributed by atoms with van der Waals surface area (Å²) in [6, 6.07) is 1.94. The van der Waals surface area contributed by atoms with Crippen LogP contribution in [0.1, 0.15) is 5.56 Å². The van der Waals surface area contributed by atoms with E-state index >= 15 is 0 Å². The van der Waals surface area contributed by atoms with Gasteiger partial charge in [0.15, 0.2) is 0 Å². The molecule has 0 unspecified atom stereocenters. The SMILES string of the molecule is CNCc1ccncc1OC. The molecule has 0 aliphatic heterocycles. The predicted octanol–water partition coefficient (Wildman–Crippen LogP) is 0.810. The van der Waals surface area contributed by atoms with Gasteiger partial charge in [-0.1, -0.05) is 0 Å². The third-order valence-electron chi connectivity index (χ3n) is 1.46. The Labute approximate surface area is 66.4 Å². The molecule has 60 valence electrons. The zero-order valence-corrected chi connectivity index (χ0v) is 6.79. The maximum Gasteiger partial charge on any atom is 0.141 e. The van der Waals surface area contributed by atoms with Crippen LogP contribution >= 0.6 is 0 Å². The van der Waals surface area contributed by atoms with Gasteiger partial charge in [0.25, 0.3) is 0 Å². The minimum absolute atomic E-state index is 0.811. The van der Waals surface area contributed by atoms with Gasteiger partial charge in [0.2, 0.25) is 0 Å². The number of nitrogens with zero attached hydrogens (tertiary/aromatic N) is 1. The molecule has 1 heterocycles. The van der Waals surface area contributed by atoms with Crippen molar-refractivity contribution in [2.24, 2.45) is 0 Å². The molecule has 0 bridgehead atoms. The van der Waals surface area contributed by atoms with E-state index in [1.54, 1.807) is 19.5 Å². The molecule has 0 aliphatic carbocycles. The van der Waals surface area contributed by atoms with E-state index in [-0.39, 0.29) is 0 Å². The van der Waals surface area contributed by atoms with Gasteiger partial charge < -0.3 is 10.1 Å². The Morgan fingerprint density at radius 1 is 1.64 bits per heavy atom. The summed E-state index contributed by atoms with van der Waals surface area (Å²) in [5.74, 6) is 0.835. The summed E-state index contributed by atoms with van der Waals surface area (Å²) in [7, 11) is 3.55. The molecule has 3 nitrogen and oxygen atoms in total. The third kappa shape index (κ3) is 1.91. The number of pyridine rings is 1. The first kappa shape index (κ1) is 8.01. The Bertz CT molecular complexity index is 225. The number of rotatable bonds is 3. The van der Waals surface area contributed by atoms with Crippen molar-refractivity contribution in [3.8, 4) is 5.75 Å². The molecule has 1 aromatic rings. The predicted molar refractivity (Wildman–Crippen MR) is 43.6 cm³/mol. The van der Waals surface area contributed by atoms with Crippen molar-refractivity contribution in [1.29, 1.82) is 0 Å². The Morgan fingerprint density at radius 3 is 3.09 bits per heavy atom. The zero-order valence-electron chi connectivity index (χ0n) is 6.79. The van der Waals surface area contributed by atoms with E-state index in [1.165, 1.54) is 0 Å². The van der Waals surface area contributed by atoms with Gasteiger partial charge in [-0.3, -0.25) is 4.98 Å². The summed E-state index contributed by atoms with van der Waals surface area (Å²) in [6.45, 7) is 0.811. The second-order valence-corrected chi connectivity index (χ2v) is 2.22. The molecule has 0 saturated heterocycles. The number of methoxy groups -OCH3 is 1. The smallest absolute Gasteiger partial charge is 0.141 e. The highest BCUT2D eigenvalue weighted by atomic mass is 16.5. The average Bonchev–Trinajstić information content (AvgIpc) is 2.06. The lowest BCUT2D eigenvalue weighted by atomic mass is 10.2. The Balaban J connectivity index is 2.83. The van der Waals surface area contributed by atoms with Crippen molar-refractivity contribution in [3.05, 3.63) is 24.0 Å². The lowest BCUT2D eigenvalue weighted by molar-refractivity contribution is 0.406. The number of ether oxygens (including phenoxy) is 1. The van der Waals surface area contributed by atoms with Gasteiger partial charge in [0, 0.05) is 18.3 Å². The molecule has 1 aromatic heterocycles. The molecule has 0 amide bonds. The number of hydrogen-bond acceptors (Lipinski definition) is 3. The van der Waals surface area contributed by atoms with E-state index in [2.05, 4.69) is 10.3 Å². The van der Waals surface area contributed by atoms with Crippen LogP contribution in [0.15, 0.2) is 18.5 Å². The second kappa shape index (κ2) is 3.93. The molecular weight excluding hydrogens is 140 g/mol. The molecular formula is C8H12N2O. The Hall–Kier alpha value is -1.09. The summed E-state index contributed by atoms with van der Waals surface area (Å²) in [4.78, 5) is 3.95. The van der Waals surface area contributed by atoms with Gasteiger partial charge in [-0.25, -0.2) is 0 Å². The van der Waals surface area contributed by atoms with Gasteiger partial charge in [0.05, 0.1) is 13.3 Å². The highest BCUT2D eigenvalue weighted by Gasteiger charge is 1.98. The first-order valence-electron chi connectivity index (χ1n) is 3.50. The molecule has 0 atom stereocenters. The third-order valence-corrected chi connectivity index (χ3v) is 1.46. The summed E-state index contributed by atoms with van der Waals surface area (Å²) in [6.07, 6.45) is 3.47. The van der Waals surface area contributed by atoms with Crippen molar-refractivity contribution in [1.82, 2.24) is 10.3 Å². The van der Waals surface area contributed by atoms with E-state index in [1.807, 2.05) is 13.1 Å². The maximum absolute atomic E-state index is 5.10. The summed E-state index contributed by atoms with van der Waals surface area (Å²) in [5.41, 5.74) is 1.13. The molecule has 0 spiro atoms. The lowest BCUT2D eigenvalue weighted by Gasteiger charge is -2.05. The van der Waals surface area contributed by atoms with E-state index in [0.29, 0.717) is 0 Å². The molecule has 0 saturated carbocycles. The summed E-state index contributed by atoms with van der Waals surface area (Å²) < 4.78 is 5.10. The van der Waals surface area contributed by atoms with Crippen LogP contribution in [-0.2, 0) is 6.54 Å². The van der Waals surface area contributed by atoms with Gasteiger partial charge in [-0.15, -0.1) is 0 Å². The molecule has 3 heteroatoms. The average molecular weight is 152 g/mol.